The molecule has 2 atom stereocenters. The van der Waals surface area contributed by atoms with Crippen LogP contribution in [-0.2, 0) is 9.59 Å². The lowest BCUT2D eigenvalue weighted by atomic mass is 9.78. The van der Waals surface area contributed by atoms with E-state index in [4.69, 9.17) is 11.6 Å². The third-order valence-electron chi connectivity index (χ3n) is 3.86. The van der Waals surface area contributed by atoms with Gasteiger partial charge in [-0.2, -0.15) is 0 Å². The molecule has 1 aliphatic rings. The number of carboxylic acid groups (broad SMARTS) is 1. The highest BCUT2D eigenvalue weighted by molar-refractivity contribution is 6.31. The van der Waals surface area contributed by atoms with Crippen molar-refractivity contribution in [1.82, 2.24) is 0 Å². The summed E-state index contributed by atoms with van der Waals surface area (Å²) in [7, 11) is 0. The van der Waals surface area contributed by atoms with Crippen LogP contribution in [0.4, 0.5) is 5.69 Å². The first kappa shape index (κ1) is 14.9. The first-order valence-electron chi connectivity index (χ1n) is 6.77. The number of carbonyl (C=O) groups excluding carboxylic acids is 2. The van der Waals surface area contributed by atoms with Gasteiger partial charge in [0.05, 0.1) is 0 Å². The third-order valence-corrected chi connectivity index (χ3v) is 4.10. The maximum absolute atomic E-state index is 12.3. The van der Waals surface area contributed by atoms with Crippen LogP contribution in [0.2, 0.25) is 5.02 Å². The first-order valence-corrected chi connectivity index (χ1v) is 7.14. The number of hydrogen-bond acceptors (Lipinski definition) is 3. The van der Waals surface area contributed by atoms with E-state index in [2.05, 4.69) is 5.32 Å². The minimum absolute atomic E-state index is 0.260. The lowest BCUT2D eigenvalue weighted by Crippen LogP contribution is -2.42. The molecule has 0 aromatic heterocycles. The van der Waals surface area contributed by atoms with E-state index < -0.39 is 17.8 Å². The van der Waals surface area contributed by atoms with Gasteiger partial charge in [-0.15, -0.1) is 0 Å². The summed E-state index contributed by atoms with van der Waals surface area (Å²) in [6.45, 7) is 1.86. The van der Waals surface area contributed by atoms with Crippen LogP contribution in [0.5, 0.6) is 0 Å². The molecule has 1 aliphatic carbocycles. The van der Waals surface area contributed by atoms with Crippen molar-refractivity contribution in [2.24, 2.45) is 11.8 Å². The Bertz CT molecular complexity index is 530. The van der Waals surface area contributed by atoms with Crippen LogP contribution in [0.1, 0.15) is 31.2 Å². The van der Waals surface area contributed by atoms with E-state index in [-0.39, 0.29) is 5.91 Å². The molecule has 0 saturated heterocycles. The Kier molecular flexibility index (Phi) is 4.65. The number of aryl methyl sites for hydroxylation is 1. The fourth-order valence-electron chi connectivity index (χ4n) is 2.68. The summed E-state index contributed by atoms with van der Waals surface area (Å²) in [4.78, 5) is 23.4. The number of rotatable bonds is 3. The molecule has 1 saturated carbocycles. The van der Waals surface area contributed by atoms with Gasteiger partial charge >= 0.3 is 0 Å². The molecule has 1 N–H and O–H groups in total. The number of benzene rings is 1. The van der Waals surface area contributed by atoms with E-state index in [0.717, 1.165) is 18.4 Å². The van der Waals surface area contributed by atoms with Crippen molar-refractivity contribution in [1.29, 1.82) is 0 Å². The molecule has 0 bridgehead atoms. The van der Waals surface area contributed by atoms with Gasteiger partial charge in [-0.3, -0.25) is 4.79 Å². The lowest BCUT2D eigenvalue weighted by molar-refractivity contribution is -0.313. The van der Waals surface area contributed by atoms with Gasteiger partial charge in [0.25, 0.3) is 0 Å². The molecule has 0 spiro atoms. The second-order valence-electron chi connectivity index (χ2n) is 5.26. The van der Waals surface area contributed by atoms with Crippen LogP contribution in [-0.4, -0.2) is 11.9 Å². The molecular weight excluding hydrogens is 278 g/mol. The topological polar surface area (TPSA) is 69.2 Å². The zero-order chi connectivity index (χ0) is 14.7. The summed E-state index contributed by atoms with van der Waals surface area (Å²) in [5, 5.41) is 14.5. The number of nitrogens with one attached hydrogen (secondary N) is 1. The molecule has 1 fully saturated rings. The van der Waals surface area contributed by atoms with Gasteiger partial charge in [-0.1, -0.05) is 30.5 Å². The van der Waals surface area contributed by atoms with Gasteiger partial charge in [0.15, 0.2) is 0 Å². The largest absolute Gasteiger partial charge is 0.550 e. The van der Waals surface area contributed by atoms with Gasteiger partial charge in [0, 0.05) is 28.5 Å². The smallest absolute Gasteiger partial charge is 0.228 e. The Morgan fingerprint density at radius 1 is 1.25 bits per heavy atom. The highest BCUT2D eigenvalue weighted by Crippen LogP contribution is 2.31. The Morgan fingerprint density at radius 3 is 2.55 bits per heavy atom. The number of carboxylic acids is 1. The molecule has 4 nitrogen and oxygen atoms in total. The average Bonchev–Trinajstić information content (AvgIpc) is 2.42. The molecule has 2 rings (SSSR count). The molecule has 5 heteroatoms. The quantitative estimate of drug-likeness (QED) is 0.928. The molecule has 0 aliphatic heterocycles. The number of anilines is 1. The monoisotopic (exact) mass is 294 g/mol. The molecule has 108 valence electrons. The van der Waals surface area contributed by atoms with Crippen LogP contribution in [0.25, 0.3) is 0 Å². The van der Waals surface area contributed by atoms with E-state index in [9.17, 15) is 14.7 Å². The molecule has 0 heterocycles. The minimum Gasteiger partial charge on any atom is -0.550 e. The lowest BCUT2D eigenvalue weighted by Gasteiger charge is -2.31. The van der Waals surface area contributed by atoms with Gasteiger partial charge in [-0.25, -0.2) is 0 Å². The van der Waals surface area contributed by atoms with E-state index in [1.165, 1.54) is 0 Å². The molecule has 0 unspecified atom stereocenters. The second-order valence-corrected chi connectivity index (χ2v) is 5.70. The van der Waals surface area contributed by atoms with Crippen molar-refractivity contribution in [2.45, 2.75) is 32.6 Å². The van der Waals surface area contributed by atoms with Crippen LogP contribution < -0.4 is 10.4 Å². The SMILES string of the molecule is Cc1ccc(Cl)cc1NC(=O)[C@H]1CCCC[C@H]1C(=O)[O-]. The molecule has 1 amide bonds. The van der Waals surface area contributed by atoms with E-state index in [0.29, 0.717) is 23.6 Å². The number of amides is 1. The summed E-state index contributed by atoms with van der Waals surface area (Å²) in [5.41, 5.74) is 1.52. The first-order chi connectivity index (χ1) is 9.49. The van der Waals surface area contributed by atoms with Crippen molar-refractivity contribution in [2.75, 3.05) is 5.32 Å². The maximum atomic E-state index is 12.3. The summed E-state index contributed by atoms with van der Waals surface area (Å²) >= 11 is 5.91. The second kappa shape index (κ2) is 6.27. The summed E-state index contributed by atoms with van der Waals surface area (Å²) in [6, 6.07) is 5.23. The van der Waals surface area contributed by atoms with Crippen LogP contribution >= 0.6 is 11.6 Å². The van der Waals surface area contributed by atoms with E-state index in [1.807, 2.05) is 13.0 Å². The zero-order valence-electron chi connectivity index (χ0n) is 11.3. The van der Waals surface area contributed by atoms with Gasteiger partial charge in [0.1, 0.15) is 0 Å². The van der Waals surface area contributed by atoms with Gasteiger partial charge < -0.3 is 15.2 Å². The fourth-order valence-corrected chi connectivity index (χ4v) is 2.85. The molecule has 20 heavy (non-hydrogen) atoms. The number of hydrogen-bond donors (Lipinski definition) is 1. The predicted octanol–water partition coefficient (Wildman–Crippen LogP) is 2.14. The number of aliphatic carboxylic acids is 1. The Balaban J connectivity index is 2.14. The van der Waals surface area contributed by atoms with Crippen molar-refractivity contribution >= 4 is 29.2 Å². The molecule has 1 aromatic rings. The standard InChI is InChI=1S/C15H18ClNO3/c1-9-6-7-10(16)8-13(9)17-14(18)11-4-2-3-5-12(11)15(19)20/h6-8,11-12H,2-5H2,1H3,(H,17,18)(H,19,20)/p-1/t11-,12+/m0/s1. The van der Waals surface area contributed by atoms with Crippen LogP contribution in [0, 0.1) is 18.8 Å². The van der Waals surface area contributed by atoms with Crippen molar-refractivity contribution in [3.05, 3.63) is 28.8 Å². The average molecular weight is 295 g/mol. The molecular formula is C15H17ClNO3-. The highest BCUT2D eigenvalue weighted by atomic mass is 35.5. The van der Waals surface area contributed by atoms with Gasteiger partial charge in [0.2, 0.25) is 5.91 Å². The third kappa shape index (κ3) is 3.31. The summed E-state index contributed by atoms with van der Waals surface area (Å²) < 4.78 is 0. The zero-order valence-corrected chi connectivity index (χ0v) is 12.1. The molecule has 1 aromatic carbocycles. The van der Waals surface area contributed by atoms with Gasteiger partial charge in [-0.05, 0) is 37.5 Å². The Hall–Kier alpha value is -1.55. The minimum atomic E-state index is -1.13. The maximum Gasteiger partial charge on any atom is 0.228 e. The number of carbonyl (C=O) groups is 2. The van der Waals surface area contributed by atoms with E-state index in [1.54, 1.807) is 12.1 Å². The Morgan fingerprint density at radius 2 is 1.90 bits per heavy atom. The molecule has 0 radical (unpaired) electrons. The summed E-state index contributed by atoms with van der Waals surface area (Å²) in [5.74, 6) is -2.60. The normalized spacial score (nSPS) is 22.3. The van der Waals surface area contributed by atoms with Crippen LogP contribution in [0.3, 0.4) is 0 Å². The highest BCUT2D eigenvalue weighted by Gasteiger charge is 2.31. The van der Waals surface area contributed by atoms with Crippen LogP contribution in [0.15, 0.2) is 18.2 Å². The fraction of sp³-hybridized carbons (Fsp3) is 0.467. The van der Waals surface area contributed by atoms with E-state index >= 15 is 0 Å². The predicted molar refractivity (Wildman–Crippen MR) is 75.3 cm³/mol. The summed E-state index contributed by atoms with van der Waals surface area (Å²) in [6.07, 6.45) is 2.80. The van der Waals surface area contributed by atoms with Crippen molar-refractivity contribution in [3.63, 3.8) is 0 Å². The Labute approximate surface area is 123 Å². The van der Waals surface area contributed by atoms with Crippen molar-refractivity contribution in [3.8, 4) is 0 Å². The van der Waals surface area contributed by atoms with Crippen molar-refractivity contribution < 1.29 is 14.7 Å². The number of halogens is 1.